The molecule has 2 aromatic carbocycles. The topological polar surface area (TPSA) is 58.6 Å². The smallest absolute Gasteiger partial charge is 0.345 e. The minimum Gasteiger partial charge on any atom is -0.478 e. The number of benzene rings is 2. The lowest BCUT2D eigenvalue weighted by molar-refractivity contribution is -0.145. The fourth-order valence-corrected chi connectivity index (χ4v) is 5.35. The Morgan fingerprint density at radius 2 is 1.44 bits per heavy atom. The quantitative estimate of drug-likeness (QED) is 0.357. The Morgan fingerprint density at radius 3 is 1.92 bits per heavy atom. The number of hydrogen-bond donors (Lipinski definition) is 2. The maximum absolute atomic E-state index is 11.5. The van der Waals surface area contributed by atoms with Gasteiger partial charge in [-0.25, -0.2) is 4.79 Å². The normalized spacial score (nSPS) is 17.8. The molecule has 2 aromatic rings. The van der Waals surface area contributed by atoms with Gasteiger partial charge >= 0.3 is 5.97 Å². The average Bonchev–Trinajstić information content (AvgIpc) is 2.88. The molecule has 0 amide bonds. The summed E-state index contributed by atoms with van der Waals surface area (Å²) in [5, 5.41) is 14.1. The Morgan fingerprint density at radius 1 is 0.889 bits per heavy atom. The average molecular weight is 535 g/mol. The first-order valence-corrected chi connectivity index (χ1v) is 14.3. The van der Waals surface area contributed by atoms with E-state index in [1.807, 2.05) is 12.1 Å². The van der Waals surface area contributed by atoms with E-state index in [1.165, 1.54) is 69.8 Å². The van der Waals surface area contributed by atoms with Crippen molar-refractivity contribution in [3.05, 3.63) is 63.6 Å². The van der Waals surface area contributed by atoms with Crippen molar-refractivity contribution in [2.24, 2.45) is 0 Å². The molecule has 4 rings (SSSR count). The van der Waals surface area contributed by atoms with Gasteiger partial charge in [-0.2, -0.15) is 0 Å². The summed E-state index contributed by atoms with van der Waals surface area (Å²) in [4.78, 5) is 11.5. The van der Waals surface area contributed by atoms with Crippen LogP contribution in [0.4, 0.5) is 0 Å². The number of aliphatic carboxylic acids is 1. The van der Waals surface area contributed by atoms with E-state index in [-0.39, 0.29) is 6.42 Å². The summed E-state index contributed by atoms with van der Waals surface area (Å²) in [6.45, 7) is 4.19. The molecule has 36 heavy (non-hydrogen) atoms. The van der Waals surface area contributed by atoms with Crippen LogP contribution in [0.2, 0.25) is 10.0 Å². The van der Waals surface area contributed by atoms with E-state index < -0.39 is 12.1 Å². The lowest BCUT2D eigenvalue weighted by Gasteiger charge is -2.30. The molecule has 1 atom stereocenters. The second-order valence-electron chi connectivity index (χ2n) is 10.5. The van der Waals surface area contributed by atoms with E-state index in [4.69, 9.17) is 27.9 Å². The van der Waals surface area contributed by atoms with Crippen LogP contribution >= 0.6 is 23.2 Å². The summed E-state index contributed by atoms with van der Waals surface area (Å²) >= 11 is 11.8. The van der Waals surface area contributed by atoms with Crippen molar-refractivity contribution in [2.75, 3.05) is 0 Å². The van der Waals surface area contributed by atoms with Crippen LogP contribution in [-0.4, -0.2) is 29.3 Å². The fourth-order valence-electron chi connectivity index (χ4n) is 5.03. The zero-order valence-electron chi connectivity index (χ0n) is 21.6. The van der Waals surface area contributed by atoms with E-state index in [9.17, 15) is 9.90 Å². The largest absolute Gasteiger partial charge is 0.478 e. The van der Waals surface area contributed by atoms with Gasteiger partial charge in [-0.3, -0.25) is 0 Å². The van der Waals surface area contributed by atoms with Crippen LogP contribution in [-0.2, 0) is 11.2 Å². The van der Waals surface area contributed by atoms with Gasteiger partial charge in [0, 0.05) is 18.5 Å². The molecule has 2 aliphatic rings. The van der Waals surface area contributed by atoms with Crippen molar-refractivity contribution in [1.29, 1.82) is 0 Å². The second-order valence-corrected chi connectivity index (χ2v) is 11.3. The van der Waals surface area contributed by atoms with Crippen LogP contribution in [0.1, 0.15) is 95.1 Å². The first-order chi connectivity index (χ1) is 17.3. The molecule has 1 unspecified atom stereocenters. The standard InChI is InChI=1S/C18H18Cl2O3.C12H23N/c1-11(2)13-4-6-14(7-5-13)23-17(18(21)22)10-12-3-8-15(19)16(20)9-12;1-3-7-11(8-4-1)13-12-9-5-2-6-10-12/h3-9,11,17H,10H2,1-2H3,(H,21,22);11-13H,1-10H2. The highest BCUT2D eigenvalue weighted by molar-refractivity contribution is 6.42. The van der Waals surface area contributed by atoms with E-state index >= 15 is 0 Å². The summed E-state index contributed by atoms with van der Waals surface area (Å²) in [5.41, 5.74) is 1.93. The van der Waals surface area contributed by atoms with Gasteiger partial charge in [-0.15, -0.1) is 0 Å². The molecule has 0 heterocycles. The van der Waals surface area contributed by atoms with Crippen molar-refractivity contribution in [3.8, 4) is 5.75 Å². The van der Waals surface area contributed by atoms with Gasteiger partial charge in [0.05, 0.1) is 10.0 Å². The van der Waals surface area contributed by atoms with Gasteiger partial charge in [0.15, 0.2) is 6.10 Å². The molecule has 0 radical (unpaired) electrons. The van der Waals surface area contributed by atoms with Crippen LogP contribution in [0.25, 0.3) is 0 Å². The molecule has 0 saturated heterocycles. The number of rotatable bonds is 8. The number of ether oxygens (including phenoxy) is 1. The molecule has 0 aliphatic heterocycles. The number of carbonyl (C=O) groups is 1. The Hall–Kier alpha value is -1.75. The zero-order chi connectivity index (χ0) is 25.9. The molecule has 2 N–H and O–H groups in total. The van der Waals surface area contributed by atoms with Gasteiger partial charge in [0.1, 0.15) is 5.75 Å². The molecule has 0 aromatic heterocycles. The van der Waals surface area contributed by atoms with Crippen LogP contribution < -0.4 is 10.1 Å². The molecule has 6 heteroatoms. The maximum atomic E-state index is 11.5. The molecule has 0 bridgehead atoms. The van der Waals surface area contributed by atoms with Gasteiger partial charge in [-0.05, 0) is 67.0 Å². The first kappa shape index (κ1) is 28.8. The number of nitrogens with one attached hydrogen (secondary N) is 1. The van der Waals surface area contributed by atoms with Crippen molar-refractivity contribution >= 4 is 29.2 Å². The highest BCUT2D eigenvalue weighted by Gasteiger charge is 2.21. The third-order valence-corrected chi connectivity index (χ3v) is 7.93. The summed E-state index contributed by atoms with van der Waals surface area (Å²) < 4.78 is 5.61. The molecule has 2 fully saturated rings. The monoisotopic (exact) mass is 533 g/mol. The van der Waals surface area contributed by atoms with Gasteiger partial charge in [0.25, 0.3) is 0 Å². The van der Waals surface area contributed by atoms with Crippen LogP contribution in [0.5, 0.6) is 5.75 Å². The number of carboxylic acid groups (broad SMARTS) is 1. The molecule has 2 aliphatic carbocycles. The van der Waals surface area contributed by atoms with Crippen molar-refractivity contribution in [3.63, 3.8) is 0 Å². The third-order valence-electron chi connectivity index (χ3n) is 7.19. The second kappa shape index (κ2) is 14.9. The molecular weight excluding hydrogens is 493 g/mol. The molecular formula is C30H41Cl2NO3. The number of halogens is 2. The van der Waals surface area contributed by atoms with Crippen molar-refractivity contribution in [1.82, 2.24) is 5.32 Å². The van der Waals surface area contributed by atoms with E-state index in [2.05, 4.69) is 19.2 Å². The minimum absolute atomic E-state index is 0.207. The fraction of sp³-hybridized carbons (Fsp3) is 0.567. The van der Waals surface area contributed by atoms with Gasteiger partial charge in [-0.1, -0.05) is 93.8 Å². The molecule has 2 saturated carbocycles. The van der Waals surface area contributed by atoms with E-state index in [0.29, 0.717) is 21.7 Å². The van der Waals surface area contributed by atoms with Gasteiger partial charge < -0.3 is 15.2 Å². The Labute approximate surface area is 226 Å². The molecule has 198 valence electrons. The summed E-state index contributed by atoms with van der Waals surface area (Å²) in [6.07, 6.45) is 13.8. The van der Waals surface area contributed by atoms with Gasteiger partial charge in [0.2, 0.25) is 0 Å². The van der Waals surface area contributed by atoms with E-state index in [1.54, 1.807) is 30.3 Å². The molecule has 4 nitrogen and oxygen atoms in total. The lowest BCUT2D eigenvalue weighted by Crippen LogP contribution is -2.40. The zero-order valence-corrected chi connectivity index (χ0v) is 23.2. The predicted octanol–water partition coefficient (Wildman–Crippen LogP) is 8.43. The van der Waals surface area contributed by atoms with Crippen LogP contribution in [0.3, 0.4) is 0 Å². The summed E-state index contributed by atoms with van der Waals surface area (Å²) in [7, 11) is 0. The third kappa shape index (κ3) is 9.61. The summed E-state index contributed by atoms with van der Waals surface area (Å²) in [5.74, 6) is -0.0820. The van der Waals surface area contributed by atoms with Crippen molar-refractivity contribution in [2.45, 2.75) is 109 Å². The minimum atomic E-state index is -1.02. The maximum Gasteiger partial charge on any atom is 0.345 e. The van der Waals surface area contributed by atoms with Crippen LogP contribution in [0, 0.1) is 0 Å². The highest BCUT2D eigenvalue weighted by Crippen LogP contribution is 2.25. The van der Waals surface area contributed by atoms with Crippen molar-refractivity contribution < 1.29 is 14.6 Å². The predicted molar refractivity (Wildman–Crippen MR) is 150 cm³/mol. The van der Waals surface area contributed by atoms with Crippen LogP contribution in [0.15, 0.2) is 42.5 Å². The Bertz CT molecular complexity index is 920. The highest BCUT2D eigenvalue weighted by atomic mass is 35.5. The lowest BCUT2D eigenvalue weighted by atomic mass is 9.91. The number of carboxylic acids is 1. The number of hydrogen-bond acceptors (Lipinski definition) is 3. The Balaban J connectivity index is 0.000000233. The Kier molecular flexibility index (Phi) is 11.9. The summed E-state index contributed by atoms with van der Waals surface area (Å²) in [6, 6.07) is 14.3. The first-order valence-electron chi connectivity index (χ1n) is 13.5. The van der Waals surface area contributed by atoms with E-state index in [0.717, 1.165) is 17.6 Å². The molecule has 0 spiro atoms. The SMILES string of the molecule is C1CCC(NC2CCCCC2)CC1.CC(C)c1ccc(OC(Cc2ccc(Cl)c(Cl)c2)C(=O)O)cc1.